The fourth-order valence-electron chi connectivity index (χ4n) is 6.74. The minimum absolute atomic E-state index is 0.0333. The maximum absolute atomic E-state index is 16.3. The van der Waals surface area contributed by atoms with E-state index in [4.69, 9.17) is 14.9 Å². The third kappa shape index (κ3) is 12.3. The fourth-order valence-corrected chi connectivity index (χ4v) is 9.15. The standard InChI is InChI=1S/C42H55BrF2N4O2S2/c1-5-9-12-14-15-17-20-30(19-16-13-10-6-2)27-49-47-40-36(38(44)39(45)37(41(40)48-49)34-23-24-35(43)53-34)33-22-21-32(52-33)25-31(26-46)42(50)51-28-29(8-4)18-11-7-3/h21-25,29-30H,5-20,27-28H2,1-4H3/b31-25-. The first-order chi connectivity index (χ1) is 25.7. The molecule has 0 aliphatic heterocycles. The normalized spacial score (nSPS) is 13.1. The molecular formula is C42H55BrF2N4O2S2. The molecule has 0 saturated carbocycles. The number of ether oxygens (including phenoxy) is 1. The highest BCUT2D eigenvalue weighted by molar-refractivity contribution is 9.11. The highest BCUT2D eigenvalue weighted by atomic mass is 79.9. The van der Waals surface area contributed by atoms with Gasteiger partial charge in [0.05, 0.1) is 28.1 Å². The Morgan fingerprint density at radius 3 is 1.92 bits per heavy atom. The molecule has 2 atom stereocenters. The summed E-state index contributed by atoms with van der Waals surface area (Å²) in [5, 5.41) is 19.6. The summed E-state index contributed by atoms with van der Waals surface area (Å²) in [7, 11) is 0. The predicted molar refractivity (Wildman–Crippen MR) is 220 cm³/mol. The van der Waals surface area contributed by atoms with Crippen molar-refractivity contribution in [2.75, 3.05) is 6.61 Å². The van der Waals surface area contributed by atoms with Crippen molar-refractivity contribution in [1.82, 2.24) is 15.0 Å². The molecule has 3 aromatic heterocycles. The number of nitriles is 1. The van der Waals surface area contributed by atoms with Gasteiger partial charge in [-0.05, 0) is 77.4 Å². The zero-order valence-electron chi connectivity index (χ0n) is 31.8. The van der Waals surface area contributed by atoms with E-state index in [0.717, 1.165) is 66.5 Å². The SMILES string of the molecule is CCCCCCCCC(CCCCCC)Cn1nc2c(-c3ccc(Br)s3)c(F)c(F)c(-c3ccc(/C=C(/C#N)C(=O)OCC(CC)CCCC)s3)c2n1. The summed E-state index contributed by atoms with van der Waals surface area (Å²) in [5.74, 6) is -2.05. The van der Waals surface area contributed by atoms with E-state index in [2.05, 4.69) is 43.6 Å². The number of thiophene rings is 2. The number of fused-ring (bicyclic) bond motifs is 1. The molecule has 3 heterocycles. The summed E-state index contributed by atoms with van der Waals surface area (Å²) in [6.07, 6.45) is 19.6. The molecule has 1 aromatic carbocycles. The summed E-state index contributed by atoms with van der Waals surface area (Å²) in [4.78, 5) is 16.1. The van der Waals surface area contributed by atoms with Gasteiger partial charge >= 0.3 is 5.97 Å². The van der Waals surface area contributed by atoms with Crippen molar-refractivity contribution in [2.45, 2.75) is 137 Å². The Morgan fingerprint density at radius 1 is 0.811 bits per heavy atom. The van der Waals surface area contributed by atoms with Gasteiger partial charge in [0.25, 0.3) is 0 Å². The van der Waals surface area contributed by atoms with Crippen LogP contribution < -0.4 is 0 Å². The highest BCUT2D eigenvalue weighted by Crippen LogP contribution is 2.43. The molecule has 0 bridgehead atoms. The molecule has 0 aliphatic carbocycles. The van der Waals surface area contributed by atoms with Crippen molar-refractivity contribution >= 4 is 61.7 Å². The number of esters is 1. The monoisotopic (exact) mass is 828 g/mol. The van der Waals surface area contributed by atoms with Crippen LogP contribution >= 0.6 is 38.6 Å². The van der Waals surface area contributed by atoms with Crippen molar-refractivity contribution in [1.29, 1.82) is 5.26 Å². The Hall–Kier alpha value is -2.94. The maximum atomic E-state index is 16.3. The molecule has 6 nitrogen and oxygen atoms in total. The van der Waals surface area contributed by atoms with E-state index < -0.39 is 17.6 Å². The zero-order chi connectivity index (χ0) is 38.2. The Bertz CT molecular complexity index is 1820. The number of halogens is 3. The van der Waals surface area contributed by atoms with Crippen molar-refractivity contribution in [2.24, 2.45) is 11.8 Å². The van der Waals surface area contributed by atoms with Gasteiger partial charge in [-0.3, -0.25) is 0 Å². The molecule has 0 radical (unpaired) electrons. The summed E-state index contributed by atoms with van der Waals surface area (Å²) in [5.41, 5.74) is 0.612. The second-order valence-electron chi connectivity index (χ2n) is 14.1. The number of unbranched alkanes of at least 4 members (excludes halogenated alkanes) is 9. The number of benzene rings is 1. The van der Waals surface area contributed by atoms with Crippen LogP contribution in [-0.4, -0.2) is 27.6 Å². The highest BCUT2D eigenvalue weighted by Gasteiger charge is 2.28. The number of hydrogen-bond donors (Lipinski definition) is 0. The Kier molecular flexibility index (Phi) is 18.1. The topological polar surface area (TPSA) is 80.8 Å². The predicted octanol–water partition coefficient (Wildman–Crippen LogP) is 13.9. The van der Waals surface area contributed by atoms with Crippen LogP contribution in [0.5, 0.6) is 0 Å². The molecule has 0 amide bonds. The van der Waals surface area contributed by atoms with Crippen LogP contribution in [-0.2, 0) is 16.1 Å². The summed E-state index contributed by atoms with van der Waals surface area (Å²) >= 11 is 5.96. The molecule has 53 heavy (non-hydrogen) atoms. The number of nitrogens with zero attached hydrogens (tertiary/aromatic N) is 4. The molecule has 0 fully saturated rings. The van der Waals surface area contributed by atoms with E-state index in [1.807, 2.05) is 12.1 Å². The van der Waals surface area contributed by atoms with Gasteiger partial charge in [0.1, 0.15) is 22.7 Å². The largest absolute Gasteiger partial charge is 0.461 e. The van der Waals surface area contributed by atoms with Gasteiger partial charge in [-0.2, -0.15) is 20.3 Å². The van der Waals surface area contributed by atoms with E-state index >= 15 is 8.78 Å². The lowest BCUT2D eigenvalue weighted by Gasteiger charge is -2.16. The molecule has 4 aromatic rings. The lowest BCUT2D eigenvalue weighted by molar-refractivity contribution is -0.139. The van der Waals surface area contributed by atoms with Crippen LogP contribution in [0.3, 0.4) is 0 Å². The first kappa shape index (κ1) is 42.8. The number of rotatable bonds is 24. The minimum atomic E-state index is -0.998. The Morgan fingerprint density at radius 2 is 1.36 bits per heavy atom. The first-order valence-electron chi connectivity index (χ1n) is 19.6. The summed E-state index contributed by atoms with van der Waals surface area (Å²) in [6, 6.07) is 8.93. The zero-order valence-corrected chi connectivity index (χ0v) is 35.0. The van der Waals surface area contributed by atoms with E-state index in [-0.39, 0.29) is 29.2 Å². The van der Waals surface area contributed by atoms with Crippen LogP contribution in [0.2, 0.25) is 0 Å². The lowest BCUT2D eigenvalue weighted by atomic mass is 9.94. The Balaban J connectivity index is 1.67. The van der Waals surface area contributed by atoms with Crippen molar-refractivity contribution in [3.05, 3.63) is 50.1 Å². The smallest absolute Gasteiger partial charge is 0.348 e. The molecule has 288 valence electrons. The maximum Gasteiger partial charge on any atom is 0.348 e. The molecule has 4 rings (SSSR count). The molecule has 0 saturated heterocycles. The number of carbonyl (C=O) groups is 1. The number of carbonyl (C=O) groups excluding carboxylic acids is 1. The van der Waals surface area contributed by atoms with E-state index in [0.29, 0.717) is 38.1 Å². The fraction of sp³-hybridized carbons (Fsp3) is 0.571. The second-order valence-corrected chi connectivity index (χ2v) is 17.7. The van der Waals surface area contributed by atoms with Crippen molar-refractivity contribution in [3.8, 4) is 27.0 Å². The summed E-state index contributed by atoms with van der Waals surface area (Å²) in [6.45, 7) is 9.47. The van der Waals surface area contributed by atoms with Crippen molar-refractivity contribution < 1.29 is 18.3 Å². The number of aromatic nitrogens is 3. The number of hydrogen-bond acceptors (Lipinski definition) is 7. The molecule has 0 aliphatic rings. The van der Waals surface area contributed by atoms with Gasteiger partial charge < -0.3 is 4.74 Å². The average Bonchev–Trinajstić information content (AvgIpc) is 3.91. The molecule has 11 heteroatoms. The minimum Gasteiger partial charge on any atom is -0.461 e. The lowest BCUT2D eigenvalue weighted by Crippen LogP contribution is -2.14. The van der Waals surface area contributed by atoms with Crippen LogP contribution in [0.25, 0.3) is 38.0 Å². The van der Waals surface area contributed by atoms with Gasteiger partial charge in [0.15, 0.2) is 11.6 Å². The van der Waals surface area contributed by atoms with Crippen LogP contribution in [0.4, 0.5) is 8.78 Å². The quantitative estimate of drug-likeness (QED) is 0.0304. The molecular weight excluding hydrogens is 775 g/mol. The van der Waals surface area contributed by atoms with Gasteiger partial charge in [-0.25, -0.2) is 13.6 Å². The first-order valence-corrected chi connectivity index (χ1v) is 22.1. The van der Waals surface area contributed by atoms with Crippen molar-refractivity contribution in [3.63, 3.8) is 0 Å². The Labute approximate surface area is 331 Å². The molecule has 0 N–H and O–H groups in total. The van der Waals surface area contributed by atoms with Gasteiger partial charge in [-0.15, -0.1) is 22.7 Å². The van der Waals surface area contributed by atoms with Gasteiger partial charge in [0, 0.05) is 14.6 Å². The third-order valence-electron chi connectivity index (χ3n) is 9.93. The second kappa shape index (κ2) is 22.4. The van der Waals surface area contributed by atoms with Gasteiger partial charge in [0.2, 0.25) is 0 Å². The van der Waals surface area contributed by atoms with Crippen LogP contribution in [0.15, 0.2) is 33.6 Å². The third-order valence-corrected chi connectivity index (χ3v) is 12.6. The van der Waals surface area contributed by atoms with E-state index in [1.165, 1.54) is 68.8 Å². The van der Waals surface area contributed by atoms with Crippen LogP contribution in [0.1, 0.15) is 135 Å². The molecule has 0 spiro atoms. The van der Waals surface area contributed by atoms with E-state index in [9.17, 15) is 10.1 Å². The van der Waals surface area contributed by atoms with Gasteiger partial charge in [-0.1, -0.05) is 111 Å². The summed E-state index contributed by atoms with van der Waals surface area (Å²) < 4.78 is 38.9. The van der Waals surface area contributed by atoms with E-state index in [1.54, 1.807) is 23.0 Å². The average molecular weight is 830 g/mol. The molecule has 2 unspecified atom stereocenters. The van der Waals surface area contributed by atoms with Crippen LogP contribution in [0, 0.1) is 34.8 Å².